The van der Waals surface area contributed by atoms with Gasteiger partial charge in [0.1, 0.15) is 0 Å². The van der Waals surface area contributed by atoms with Crippen LogP contribution in [0.5, 0.6) is 0 Å². The maximum atomic E-state index is 12.7. The van der Waals surface area contributed by atoms with Crippen LogP contribution in [0.2, 0.25) is 0 Å². The lowest BCUT2D eigenvalue weighted by atomic mass is 10.1. The van der Waals surface area contributed by atoms with Gasteiger partial charge in [-0.2, -0.15) is 5.10 Å². The van der Waals surface area contributed by atoms with Crippen molar-refractivity contribution in [3.8, 4) is 0 Å². The first kappa shape index (κ1) is 19.0. The van der Waals surface area contributed by atoms with E-state index >= 15 is 0 Å². The van der Waals surface area contributed by atoms with Gasteiger partial charge in [-0.25, -0.2) is 4.98 Å². The number of fused-ring (bicyclic) bond motifs is 1. The van der Waals surface area contributed by atoms with Crippen LogP contribution < -0.4 is 10.6 Å². The Hall–Kier alpha value is -2.74. The van der Waals surface area contributed by atoms with E-state index in [0.717, 1.165) is 15.7 Å². The first-order valence-electron chi connectivity index (χ1n) is 8.41. The van der Waals surface area contributed by atoms with Gasteiger partial charge in [-0.1, -0.05) is 22.0 Å². The summed E-state index contributed by atoms with van der Waals surface area (Å²) in [7, 11) is 1.79. The number of nitrogens with zero attached hydrogens (tertiary/aromatic N) is 3. The number of hydrogen-bond acceptors (Lipinski definition) is 4. The Bertz CT molecular complexity index is 1060. The molecule has 27 heavy (non-hydrogen) atoms. The third kappa shape index (κ3) is 4.00. The Labute approximate surface area is 165 Å². The van der Waals surface area contributed by atoms with Gasteiger partial charge < -0.3 is 10.6 Å². The van der Waals surface area contributed by atoms with Crippen LogP contribution in [0.25, 0.3) is 11.0 Å². The molecule has 2 aromatic heterocycles. The minimum atomic E-state index is -0.331. The van der Waals surface area contributed by atoms with Crippen LogP contribution in [0.3, 0.4) is 0 Å². The molecule has 0 aliphatic carbocycles. The van der Waals surface area contributed by atoms with Crippen molar-refractivity contribution in [1.82, 2.24) is 20.1 Å². The topological polar surface area (TPSA) is 88.9 Å². The Kier molecular flexibility index (Phi) is 5.27. The van der Waals surface area contributed by atoms with E-state index in [1.165, 1.54) is 0 Å². The fourth-order valence-corrected chi connectivity index (χ4v) is 3.29. The predicted molar refractivity (Wildman–Crippen MR) is 108 cm³/mol. The lowest BCUT2D eigenvalue weighted by Crippen LogP contribution is -2.33. The van der Waals surface area contributed by atoms with Gasteiger partial charge in [0.15, 0.2) is 5.65 Å². The molecule has 2 amide bonds. The van der Waals surface area contributed by atoms with E-state index in [-0.39, 0.29) is 18.4 Å². The van der Waals surface area contributed by atoms with E-state index < -0.39 is 0 Å². The molecule has 0 aliphatic rings. The summed E-state index contributed by atoms with van der Waals surface area (Å²) in [5, 5.41) is 10.5. The summed E-state index contributed by atoms with van der Waals surface area (Å²) < 4.78 is 2.52. The fourth-order valence-electron chi connectivity index (χ4n) is 2.93. The molecule has 0 aliphatic heterocycles. The highest BCUT2D eigenvalue weighted by Gasteiger charge is 2.18. The van der Waals surface area contributed by atoms with Gasteiger partial charge in [-0.3, -0.25) is 14.3 Å². The SMILES string of the molecule is Cc1cc(C(=O)NCC(=O)Nc2cc(Br)ccc2C)c2c(C)nn(C)c2n1. The van der Waals surface area contributed by atoms with E-state index in [4.69, 9.17) is 0 Å². The number of pyridine rings is 1. The molecule has 7 nitrogen and oxygen atoms in total. The molecule has 140 valence electrons. The Morgan fingerprint density at radius 2 is 1.93 bits per heavy atom. The molecular formula is C19H20BrN5O2. The summed E-state index contributed by atoms with van der Waals surface area (Å²) in [5.41, 5.74) is 4.19. The van der Waals surface area contributed by atoms with Gasteiger partial charge in [0, 0.05) is 22.9 Å². The summed E-state index contributed by atoms with van der Waals surface area (Å²) in [5.74, 6) is -0.628. The van der Waals surface area contributed by atoms with E-state index in [2.05, 4.69) is 36.6 Å². The van der Waals surface area contributed by atoms with Crippen molar-refractivity contribution in [2.45, 2.75) is 20.8 Å². The van der Waals surface area contributed by atoms with Crippen LogP contribution in [-0.2, 0) is 11.8 Å². The summed E-state index contributed by atoms with van der Waals surface area (Å²) in [6.45, 7) is 5.43. The number of nitrogens with one attached hydrogen (secondary N) is 2. The fraction of sp³-hybridized carbons (Fsp3) is 0.263. The molecule has 8 heteroatoms. The molecule has 0 unspecified atom stereocenters. The highest BCUT2D eigenvalue weighted by atomic mass is 79.9. The van der Waals surface area contributed by atoms with Crippen molar-refractivity contribution in [3.63, 3.8) is 0 Å². The number of halogens is 1. The number of carbonyl (C=O) groups excluding carboxylic acids is 2. The number of aryl methyl sites for hydroxylation is 4. The van der Waals surface area contributed by atoms with Gasteiger partial charge >= 0.3 is 0 Å². The van der Waals surface area contributed by atoms with Crippen LogP contribution in [0.1, 0.15) is 27.3 Å². The average Bonchev–Trinajstić information content (AvgIpc) is 2.89. The Morgan fingerprint density at radius 1 is 1.19 bits per heavy atom. The summed E-state index contributed by atoms with van der Waals surface area (Å²) in [6.07, 6.45) is 0. The normalized spacial score (nSPS) is 10.9. The van der Waals surface area contributed by atoms with Crippen LogP contribution in [0, 0.1) is 20.8 Å². The molecule has 0 saturated carbocycles. The van der Waals surface area contributed by atoms with Crippen molar-refractivity contribution in [1.29, 1.82) is 0 Å². The van der Waals surface area contributed by atoms with E-state index in [1.807, 2.05) is 39.0 Å². The molecule has 0 spiro atoms. The van der Waals surface area contributed by atoms with Gasteiger partial charge in [-0.15, -0.1) is 0 Å². The second kappa shape index (κ2) is 7.48. The summed E-state index contributed by atoms with van der Waals surface area (Å²) in [6, 6.07) is 7.34. The lowest BCUT2D eigenvalue weighted by Gasteiger charge is -2.10. The number of hydrogen-bond donors (Lipinski definition) is 2. The highest BCUT2D eigenvalue weighted by Crippen LogP contribution is 2.22. The second-order valence-electron chi connectivity index (χ2n) is 6.41. The Balaban J connectivity index is 1.75. The molecule has 1 aromatic carbocycles. The number of aromatic nitrogens is 3. The van der Waals surface area contributed by atoms with Crippen molar-refractivity contribution >= 4 is 44.5 Å². The predicted octanol–water partition coefficient (Wildman–Crippen LogP) is 3.02. The molecule has 0 radical (unpaired) electrons. The maximum Gasteiger partial charge on any atom is 0.252 e. The van der Waals surface area contributed by atoms with E-state index in [9.17, 15) is 9.59 Å². The number of rotatable bonds is 4. The first-order chi connectivity index (χ1) is 12.8. The second-order valence-corrected chi connectivity index (χ2v) is 7.32. The summed E-state index contributed by atoms with van der Waals surface area (Å²) >= 11 is 3.38. The minimum Gasteiger partial charge on any atom is -0.343 e. The van der Waals surface area contributed by atoms with Crippen molar-refractivity contribution in [3.05, 3.63) is 51.3 Å². The number of benzene rings is 1. The Morgan fingerprint density at radius 3 is 2.67 bits per heavy atom. The van der Waals surface area contributed by atoms with E-state index in [1.54, 1.807) is 17.8 Å². The largest absolute Gasteiger partial charge is 0.343 e. The van der Waals surface area contributed by atoms with Crippen molar-refractivity contribution < 1.29 is 9.59 Å². The third-order valence-electron chi connectivity index (χ3n) is 4.22. The quantitative estimate of drug-likeness (QED) is 0.666. The van der Waals surface area contributed by atoms with Crippen LogP contribution in [0.15, 0.2) is 28.7 Å². The van der Waals surface area contributed by atoms with Crippen LogP contribution >= 0.6 is 15.9 Å². The molecule has 0 bridgehead atoms. The van der Waals surface area contributed by atoms with Gasteiger partial charge in [0.25, 0.3) is 5.91 Å². The zero-order valence-electron chi connectivity index (χ0n) is 15.6. The molecule has 2 N–H and O–H groups in total. The molecule has 3 rings (SSSR count). The van der Waals surface area contributed by atoms with Crippen LogP contribution in [-0.4, -0.2) is 33.1 Å². The number of amides is 2. The maximum absolute atomic E-state index is 12.7. The first-order valence-corrected chi connectivity index (χ1v) is 9.20. The molecule has 0 atom stereocenters. The van der Waals surface area contributed by atoms with Gasteiger partial charge in [0.05, 0.1) is 23.2 Å². The van der Waals surface area contributed by atoms with Gasteiger partial charge in [-0.05, 0) is 44.5 Å². The summed E-state index contributed by atoms with van der Waals surface area (Å²) in [4.78, 5) is 29.4. The highest BCUT2D eigenvalue weighted by molar-refractivity contribution is 9.10. The standard InChI is InChI=1S/C19H20BrN5O2/c1-10-5-6-13(20)8-15(10)23-16(26)9-21-19(27)14-7-11(2)22-18-17(14)12(3)24-25(18)4/h5-8H,9H2,1-4H3,(H,21,27)(H,23,26). The van der Waals surface area contributed by atoms with Crippen LogP contribution in [0.4, 0.5) is 5.69 Å². The lowest BCUT2D eigenvalue weighted by molar-refractivity contribution is -0.115. The molecule has 3 aromatic rings. The van der Waals surface area contributed by atoms with E-state index in [0.29, 0.717) is 28.0 Å². The monoisotopic (exact) mass is 429 g/mol. The molecule has 0 fully saturated rings. The smallest absolute Gasteiger partial charge is 0.252 e. The number of anilines is 1. The molecule has 2 heterocycles. The van der Waals surface area contributed by atoms with Gasteiger partial charge in [0.2, 0.25) is 5.91 Å². The number of carbonyl (C=O) groups is 2. The zero-order chi connectivity index (χ0) is 19.7. The zero-order valence-corrected chi connectivity index (χ0v) is 17.1. The average molecular weight is 430 g/mol. The molecule has 0 saturated heterocycles. The van der Waals surface area contributed by atoms with Crippen molar-refractivity contribution in [2.24, 2.45) is 7.05 Å². The van der Waals surface area contributed by atoms with Crippen molar-refractivity contribution in [2.75, 3.05) is 11.9 Å². The molecular weight excluding hydrogens is 410 g/mol. The minimum absolute atomic E-state index is 0.132. The third-order valence-corrected chi connectivity index (χ3v) is 4.72.